The SMILES string of the molecule is Cc1ccc(Cn2ccc(NC(=O)c3cc4n(n3)[C@H](C(F)(F)F)C[C@H](c3ccccc3)N4)n2)cc1. The molecule has 5 rings (SSSR count). The molecular formula is C25H23F3N6O. The number of hydrogen-bond acceptors (Lipinski definition) is 4. The van der Waals surface area contributed by atoms with Crippen molar-refractivity contribution in [2.24, 2.45) is 0 Å². The van der Waals surface area contributed by atoms with Gasteiger partial charge in [-0.25, -0.2) is 4.68 Å². The van der Waals surface area contributed by atoms with E-state index < -0.39 is 24.2 Å². The number of carbonyl (C=O) groups is 1. The average molecular weight is 480 g/mol. The number of nitrogens with one attached hydrogen (secondary N) is 2. The van der Waals surface area contributed by atoms with Gasteiger partial charge in [-0.15, -0.1) is 0 Å². The van der Waals surface area contributed by atoms with Gasteiger partial charge in [0.2, 0.25) is 0 Å². The number of amides is 1. The van der Waals surface area contributed by atoms with E-state index >= 15 is 0 Å². The van der Waals surface area contributed by atoms with Crippen LogP contribution in [0.5, 0.6) is 0 Å². The lowest BCUT2D eigenvalue weighted by atomic mass is 9.97. The zero-order valence-corrected chi connectivity index (χ0v) is 18.8. The van der Waals surface area contributed by atoms with E-state index in [1.807, 2.05) is 37.3 Å². The summed E-state index contributed by atoms with van der Waals surface area (Å²) in [5, 5.41) is 14.0. The Labute approximate surface area is 199 Å². The van der Waals surface area contributed by atoms with Gasteiger partial charge in [-0.3, -0.25) is 9.48 Å². The molecule has 0 bridgehead atoms. The van der Waals surface area contributed by atoms with Crippen molar-refractivity contribution in [1.29, 1.82) is 0 Å². The van der Waals surface area contributed by atoms with Crippen LogP contribution in [0.25, 0.3) is 0 Å². The number of aromatic nitrogens is 4. The van der Waals surface area contributed by atoms with Gasteiger partial charge < -0.3 is 10.6 Å². The number of nitrogens with zero attached hydrogens (tertiary/aromatic N) is 4. The Kier molecular flexibility index (Phi) is 5.80. The van der Waals surface area contributed by atoms with Gasteiger partial charge in [0, 0.05) is 24.8 Å². The van der Waals surface area contributed by atoms with Crippen molar-refractivity contribution < 1.29 is 18.0 Å². The zero-order chi connectivity index (χ0) is 24.6. The molecule has 1 amide bonds. The van der Waals surface area contributed by atoms with Crippen molar-refractivity contribution >= 4 is 17.5 Å². The molecule has 0 saturated carbocycles. The Morgan fingerprint density at radius 1 is 1.09 bits per heavy atom. The largest absolute Gasteiger partial charge is 0.410 e. The molecular weight excluding hydrogens is 457 g/mol. The molecule has 0 fully saturated rings. The summed E-state index contributed by atoms with van der Waals surface area (Å²) in [6, 6.07) is 17.5. The van der Waals surface area contributed by atoms with Gasteiger partial charge >= 0.3 is 6.18 Å². The van der Waals surface area contributed by atoms with Gasteiger partial charge in [0.1, 0.15) is 5.82 Å². The molecule has 3 heterocycles. The van der Waals surface area contributed by atoms with Crippen molar-refractivity contribution in [2.75, 3.05) is 10.6 Å². The van der Waals surface area contributed by atoms with Crippen LogP contribution in [-0.4, -0.2) is 31.6 Å². The third kappa shape index (κ3) is 4.91. The number of rotatable bonds is 5. The van der Waals surface area contributed by atoms with E-state index in [-0.39, 0.29) is 23.8 Å². The average Bonchev–Trinajstić information content (AvgIpc) is 3.46. The van der Waals surface area contributed by atoms with Gasteiger partial charge in [-0.2, -0.15) is 23.4 Å². The number of aryl methyl sites for hydroxylation is 1. The lowest BCUT2D eigenvalue weighted by molar-refractivity contribution is -0.173. The molecule has 0 aliphatic carbocycles. The number of halogens is 3. The topological polar surface area (TPSA) is 76.8 Å². The first-order valence-corrected chi connectivity index (χ1v) is 11.1. The van der Waals surface area contributed by atoms with Crippen molar-refractivity contribution in [3.8, 4) is 0 Å². The van der Waals surface area contributed by atoms with Crippen LogP contribution < -0.4 is 10.6 Å². The van der Waals surface area contributed by atoms with E-state index in [9.17, 15) is 18.0 Å². The maximum Gasteiger partial charge on any atom is 0.410 e. The second-order valence-corrected chi connectivity index (χ2v) is 8.60. The Hall–Kier alpha value is -4.08. The Balaban J connectivity index is 1.33. The van der Waals surface area contributed by atoms with Crippen LogP contribution in [0.15, 0.2) is 72.9 Å². The minimum atomic E-state index is -4.52. The number of anilines is 2. The summed E-state index contributed by atoms with van der Waals surface area (Å²) in [7, 11) is 0. The number of alkyl halides is 3. The Morgan fingerprint density at radius 2 is 1.83 bits per heavy atom. The second-order valence-electron chi connectivity index (χ2n) is 8.60. The highest BCUT2D eigenvalue weighted by Crippen LogP contribution is 2.43. The standard InChI is InChI=1S/C25H23F3N6O/c1-16-7-9-17(10-8-16)15-33-12-11-22(32-33)30-24(35)20-14-23-29-19(18-5-3-2-4-6-18)13-21(25(26,27)28)34(23)31-20/h2-12,14,19,21,29H,13,15H2,1H3,(H,30,32,35)/t19-,21+/m1/s1. The smallest absolute Gasteiger partial charge is 0.363 e. The van der Waals surface area contributed by atoms with Crippen LogP contribution in [0.2, 0.25) is 0 Å². The zero-order valence-electron chi connectivity index (χ0n) is 18.8. The van der Waals surface area contributed by atoms with Gasteiger partial charge in [0.15, 0.2) is 17.6 Å². The lowest BCUT2D eigenvalue weighted by Crippen LogP contribution is -2.35. The maximum atomic E-state index is 13.9. The van der Waals surface area contributed by atoms with E-state index in [4.69, 9.17) is 0 Å². The van der Waals surface area contributed by atoms with Crippen LogP contribution in [0.4, 0.5) is 24.8 Å². The summed E-state index contributed by atoms with van der Waals surface area (Å²) in [6.07, 6.45) is -3.02. The minimum absolute atomic E-state index is 0.122. The van der Waals surface area contributed by atoms with Crippen LogP contribution >= 0.6 is 0 Å². The maximum absolute atomic E-state index is 13.9. The molecule has 10 heteroatoms. The van der Waals surface area contributed by atoms with Gasteiger partial charge in [-0.1, -0.05) is 60.2 Å². The molecule has 2 aromatic heterocycles. The highest BCUT2D eigenvalue weighted by atomic mass is 19.4. The van der Waals surface area contributed by atoms with Crippen LogP contribution in [0.3, 0.4) is 0 Å². The molecule has 2 atom stereocenters. The molecule has 0 spiro atoms. The summed E-state index contributed by atoms with van der Waals surface area (Å²) in [5.74, 6) is -0.204. The number of fused-ring (bicyclic) bond motifs is 1. The van der Waals surface area contributed by atoms with E-state index in [1.165, 1.54) is 6.07 Å². The summed E-state index contributed by atoms with van der Waals surface area (Å²) >= 11 is 0. The lowest BCUT2D eigenvalue weighted by Gasteiger charge is -2.33. The molecule has 0 radical (unpaired) electrons. The van der Waals surface area contributed by atoms with E-state index in [1.54, 1.807) is 41.2 Å². The highest BCUT2D eigenvalue weighted by Gasteiger charge is 2.46. The molecule has 2 N–H and O–H groups in total. The fourth-order valence-corrected chi connectivity index (χ4v) is 4.17. The molecule has 35 heavy (non-hydrogen) atoms. The van der Waals surface area contributed by atoms with E-state index in [0.717, 1.165) is 21.4 Å². The Bertz CT molecular complexity index is 1330. The monoisotopic (exact) mass is 480 g/mol. The Morgan fingerprint density at radius 3 is 2.54 bits per heavy atom. The first-order valence-electron chi connectivity index (χ1n) is 11.1. The van der Waals surface area contributed by atoms with Crippen LogP contribution in [-0.2, 0) is 6.54 Å². The third-order valence-corrected chi connectivity index (χ3v) is 5.97. The number of hydrogen-bond donors (Lipinski definition) is 2. The highest BCUT2D eigenvalue weighted by molar-refractivity contribution is 6.02. The summed E-state index contributed by atoms with van der Waals surface area (Å²) < 4.78 is 44.1. The molecule has 2 aromatic carbocycles. The molecule has 7 nitrogen and oxygen atoms in total. The van der Waals surface area contributed by atoms with E-state index in [2.05, 4.69) is 20.8 Å². The molecule has 0 unspecified atom stereocenters. The fraction of sp³-hybridized carbons (Fsp3) is 0.240. The normalized spacial score (nSPS) is 17.5. The summed E-state index contributed by atoms with van der Waals surface area (Å²) in [5.41, 5.74) is 2.82. The number of benzene rings is 2. The van der Waals surface area contributed by atoms with Crippen molar-refractivity contribution in [3.63, 3.8) is 0 Å². The van der Waals surface area contributed by atoms with Crippen molar-refractivity contribution in [3.05, 3.63) is 95.3 Å². The first-order chi connectivity index (χ1) is 16.8. The molecule has 1 aliphatic rings. The van der Waals surface area contributed by atoms with Crippen LogP contribution in [0.1, 0.15) is 45.7 Å². The fourth-order valence-electron chi connectivity index (χ4n) is 4.17. The quantitative estimate of drug-likeness (QED) is 0.404. The van der Waals surface area contributed by atoms with Gasteiger partial charge in [0.05, 0.1) is 12.6 Å². The number of carbonyl (C=O) groups excluding carboxylic acids is 1. The van der Waals surface area contributed by atoms with Crippen molar-refractivity contribution in [2.45, 2.75) is 38.1 Å². The van der Waals surface area contributed by atoms with E-state index in [0.29, 0.717) is 6.54 Å². The molecule has 180 valence electrons. The first kappa shape index (κ1) is 22.7. The predicted molar refractivity (Wildman–Crippen MR) is 125 cm³/mol. The van der Waals surface area contributed by atoms with Gasteiger partial charge in [-0.05, 0) is 18.1 Å². The van der Waals surface area contributed by atoms with Crippen LogP contribution in [0, 0.1) is 6.92 Å². The summed E-state index contributed by atoms with van der Waals surface area (Å²) in [4.78, 5) is 12.8. The third-order valence-electron chi connectivity index (χ3n) is 5.97. The summed E-state index contributed by atoms with van der Waals surface area (Å²) in [6.45, 7) is 2.53. The minimum Gasteiger partial charge on any atom is -0.363 e. The van der Waals surface area contributed by atoms with Gasteiger partial charge in [0.25, 0.3) is 5.91 Å². The molecule has 1 aliphatic heterocycles. The molecule has 4 aromatic rings. The predicted octanol–water partition coefficient (Wildman–Crippen LogP) is 5.35. The second kappa shape index (κ2) is 8.94. The van der Waals surface area contributed by atoms with Crippen molar-refractivity contribution in [1.82, 2.24) is 19.6 Å². The molecule has 0 saturated heterocycles.